The van der Waals surface area contributed by atoms with E-state index in [4.69, 9.17) is 11.6 Å². The van der Waals surface area contributed by atoms with Gasteiger partial charge in [0.25, 0.3) is 0 Å². The summed E-state index contributed by atoms with van der Waals surface area (Å²) >= 11 is 6.08. The monoisotopic (exact) mass is 280 g/mol. The first kappa shape index (κ1) is 13.2. The zero-order valence-corrected chi connectivity index (χ0v) is 11.9. The van der Waals surface area contributed by atoms with E-state index >= 15 is 0 Å². The molecular weight excluding hydrogens is 260 g/mol. The normalized spacial score (nSPS) is 23.0. The van der Waals surface area contributed by atoms with Crippen molar-refractivity contribution in [2.45, 2.75) is 25.3 Å². The highest BCUT2D eigenvalue weighted by Gasteiger charge is 2.33. The van der Waals surface area contributed by atoms with E-state index in [2.05, 4.69) is 10.2 Å². The van der Waals surface area contributed by atoms with Crippen LogP contribution in [-0.4, -0.2) is 36.2 Å². The van der Waals surface area contributed by atoms with Gasteiger partial charge in [0, 0.05) is 32.2 Å². The van der Waals surface area contributed by atoms with Crippen LogP contribution >= 0.6 is 11.6 Å². The number of piperazine rings is 1. The Morgan fingerprint density at radius 2 is 2.00 bits per heavy atom. The maximum Gasteiger partial charge on any atom is 0.134 e. The van der Waals surface area contributed by atoms with Gasteiger partial charge < -0.3 is 10.4 Å². The predicted molar refractivity (Wildman–Crippen MR) is 77.6 cm³/mol. The first-order valence-corrected chi connectivity index (χ1v) is 7.56. The fourth-order valence-electron chi connectivity index (χ4n) is 3.20. The average molecular weight is 281 g/mol. The Bertz CT molecular complexity index is 442. The molecule has 0 spiro atoms. The number of nitrogens with zero attached hydrogens (tertiary/aromatic N) is 1. The van der Waals surface area contributed by atoms with E-state index in [9.17, 15) is 5.11 Å². The number of benzene rings is 1. The molecular formula is C15H21ClN2O. The first-order chi connectivity index (χ1) is 9.25. The van der Waals surface area contributed by atoms with Crippen molar-refractivity contribution in [3.63, 3.8) is 0 Å². The lowest BCUT2D eigenvalue weighted by Crippen LogP contribution is -2.47. The molecule has 1 aromatic carbocycles. The second-order valence-corrected chi connectivity index (χ2v) is 6.04. The minimum absolute atomic E-state index is 0.179. The van der Waals surface area contributed by atoms with Gasteiger partial charge in [-0.2, -0.15) is 0 Å². The summed E-state index contributed by atoms with van der Waals surface area (Å²) in [5, 5.41) is 13.5. The van der Waals surface area contributed by atoms with E-state index in [0.717, 1.165) is 32.1 Å². The van der Waals surface area contributed by atoms with Crippen molar-refractivity contribution in [1.82, 2.24) is 10.2 Å². The standard InChI is InChI=1S/C15H21ClN2O/c16-13-10-12(4-5-14(13)19)15(11-2-1-3-11)18-8-6-17-7-9-18/h4-5,10-11,15,17,19H,1-3,6-9H2/t15-/m1/s1. The zero-order valence-electron chi connectivity index (χ0n) is 11.1. The molecule has 2 N–H and O–H groups in total. The molecule has 0 aromatic heterocycles. The first-order valence-electron chi connectivity index (χ1n) is 7.19. The van der Waals surface area contributed by atoms with Crippen LogP contribution < -0.4 is 5.32 Å². The van der Waals surface area contributed by atoms with Crippen LogP contribution in [0.2, 0.25) is 5.02 Å². The summed E-state index contributed by atoms with van der Waals surface area (Å²) in [4.78, 5) is 2.57. The van der Waals surface area contributed by atoms with Gasteiger partial charge in [0.1, 0.15) is 5.75 Å². The number of hydrogen-bond acceptors (Lipinski definition) is 3. The van der Waals surface area contributed by atoms with E-state index in [1.807, 2.05) is 12.1 Å². The molecule has 1 saturated heterocycles. The third-order valence-corrected chi connectivity index (χ3v) is 4.76. The third kappa shape index (κ3) is 2.73. The van der Waals surface area contributed by atoms with Crippen molar-refractivity contribution in [3.05, 3.63) is 28.8 Å². The number of phenolic OH excluding ortho intramolecular Hbond substituents is 1. The Morgan fingerprint density at radius 1 is 1.26 bits per heavy atom. The molecule has 2 aliphatic rings. The van der Waals surface area contributed by atoms with Crippen molar-refractivity contribution in [2.75, 3.05) is 26.2 Å². The van der Waals surface area contributed by atoms with Crippen molar-refractivity contribution >= 4 is 11.6 Å². The van der Waals surface area contributed by atoms with Gasteiger partial charge in [0.15, 0.2) is 0 Å². The number of halogens is 1. The second-order valence-electron chi connectivity index (χ2n) is 5.63. The summed E-state index contributed by atoms with van der Waals surface area (Å²) in [6, 6.07) is 6.17. The lowest BCUT2D eigenvalue weighted by molar-refractivity contribution is 0.0837. The van der Waals surface area contributed by atoms with Crippen molar-refractivity contribution < 1.29 is 5.11 Å². The van der Waals surface area contributed by atoms with Gasteiger partial charge >= 0.3 is 0 Å². The smallest absolute Gasteiger partial charge is 0.134 e. The van der Waals surface area contributed by atoms with Gasteiger partial charge in [-0.05, 0) is 36.5 Å². The second kappa shape index (κ2) is 5.70. The number of nitrogens with one attached hydrogen (secondary N) is 1. The van der Waals surface area contributed by atoms with Crippen molar-refractivity contribution in [1.29, 1.82) is 0 Å². The highest BCUT2D eigenvalue weighted by atomic mass is 35.5. The summed E-state index contributed by atoms with van der Waals surface area (Å²) in [6.07, 6.45) is 3.97. The number of aromatic hydroxyl groups is 1. The summed E-state index contributed by atoms with van der Waals surface area (Å²) < 4.78 is 0. The fraction of sp³-hybridized carbons (Fsp3) is 0.600. The van der Waals surface area contributed by atoms with E-state index in [0.29, 0.717) is 11.1 Å². The highest BCUT2D eigenvalue weighted by Crippen LogP contribution is 2.42. The lowest BCUT2D eigenvalue weighted by Gasteiger charge is -2.43. The van der Waals surface area contributed by atoms with Crippen LogP contribution in [0.25, 0.3) is 0 Å². The largest absolute Gasteiger partial charge is 0.506 e. The van der Waals surface area contributed by atoms with Crippen molar-refractivity contribution in [3.8, 4) is 5.75 Å². The summed E-state index contributed by atoms with van der Waals surface area (Å²) in [5.41, 5.74) is 1.26. The SMILES string of the molecule is Oc1ccc([C@@H](C2CCC2)N2CCNCC2)cc1Cl. The number of phenols is 1. The molecule has 1 aliphatic heterocycles. The molecule has 0 amide bonds. The Morgan fingerprint density at radius 3 is 2.58 bits per heavy atom. The van der Waals surface area contributed by atoms with Crippen LogP contribution in [0.5, 0.6) is 5.75 Å². The predicted octanol–water partition coefficient (Wildman–Crippen LogP) is 2.79. The molecule has 1 aliphatic carbocycles. The summed E-state index contributed by atoms with van der Waals surface area (Å²) in [5.74, 6) is 0.928. The molecule has 4 heteroatoms. The van der Waals surface area contributed by atoms with E-state index in [-0.39, 0.29) is 5.75 Å². The molecule has 1 aromatic rings. The van der Waals surface area contributed by atoms with E-state index in [1.165, 1.54) is 24.8 Å². The third-order valence-electron chi connectivity index (χ3n) is 4.45. The Balaban J connectivity index is 1.86. The molecule has 1 heterocycles. The number of rotatable bonds is 3. The fourth-order valence-corrected chi connectivity index (χ4v) is 3.39. The minimum atomic E-state index is 0.179. The molecule has 3 rings (SSSR count). The van der Waals surface area contributed by atoms with Crippen LogP contribution in [0.4, 0.5) is 0 Å². The van der Waals surface area contributed by atoms with Crippen LogP contribution in [0.1, 0.15) is 30.9 Å². The molecule has 0 radical (unpaired) electrons. The van der Waals surface area contributed by atoms with Crippen molar-refractivity contribution in [2.24, 2.45) is 5.92 Å². The van der Waals surface area contributed by atoms with E-state index in [1.54, 1.807) is 6.07 Å². The molecule has 104 valence electrons. The van der Waals surface area contributed by atoms with Gasteiger partial charge in [-0.25, -0.2) is 0 Å². The van der Waals surface area contributed by atoms with Crippen LogP contribution in [0.15, 0.2) is 18.2 Å². The number of hydrogen-bond donors (Lipinski definition) is 2. The molecule has 0 unspecified atom stereocenters. The average Bonchev–Trinajstić information content (AvgIpc) is 2.38. The lowest BCUT2D eigenvalue weighted by atomic mass is 9.76. The minimum Gasteiger partial charge on any atom is -0.506 e. The molecule has 2 fully saturated rings. The van der Waals surface area contributed by atoms with Crippen LogP contribution in [-0.2, 0) is 0 Å². The van der Waals surface area contributed by atoms with Gasteiger partial charge in [0.2, 0.25) is 0 Å². The summed E-state index contributed by atoms with van der Waals surface area (Å²) in [7, 11) is 0. The Labute approximate surface area is 119 Å². The topological polar surface area (TPSA) is 35.5 Å². The van der Waals surface area contributed by atoms with E-state index < -0.39 is 0 Å². The molecule has 0 bridgehead atoms. The van der Waals surface area contributed by atoms with Crippen LogP contribution in [0.3, 0.4) is 0 Å². The quantitative estimate of drug-likeness (QED) is 0.894. The Kier molecular flexibility index (Phi) is 3.96. The zero-order chi connectivity index (χ0) is 13.2. The summed E-state index contributed by atoms with van der Waals surface area (Å²) in [6.45, 7) is 4.32. The van der Waals surface area contributed by atoms with Gasteiger partial charge in [-0.15, -0.1) is 0 Å². The molecule has 1 atom stereocenters. The van der Waals surface area contributed by atoms with Gasteiger partial charge in [0.05, 0.1) is 5.02 Å². The van der Waals surface area contributed by atoms with Gasteiger partial charge in [-0.1, -0.05) is 24.1 Å². The van der Waals surface area contributed by atoms with Gasteiger partial charge in [-0.3, -0.25) is 4.90 Å². The Hall–Kier alpha value is -0.770. The molecule has 3 nitrogen and oxygen atoms in total. The maximum atomic E-state index is 9.59. The highest BCUT2D eigenvalue weighted by molar-refractivity contribution is 6.32. The van der Waals surface area contributed by atoms with Crippen LogP contribution in [0, 0.1) is 5.92 Å². The molecule has 1 saturated carbocycles. The molecule has 19 heavy (non-hydrogen) atoms. The maximum absolute atomic E-state index is 9.59.